The minimum Gasteiger partial charge on any atom is -0.481 e. The van der Waals surface area contributed by atoms with E-state index in [4.69, 9.17) is 9.84 Å². The van der Waals surface area contributed by atoms with Gasteiger partial charge in [-0.25, -0.2) is 0 Å². The molecule has 1 N–H and O–H groups in total. The third-order valence-corrected chi connectivity index (χ3v) is 5.15. The maximum Gasteiger partial charge on any atom is 0.404 e. The van der Waals surface area contributed by atoms with E-state index in [0.29, 0.717) is 19.3 Å². The molecule has 120 valence electrons. The Bertz CT molecular complexity index is 448. The summed E-state index contributed by atoms with van der Waals surface area (Å²) < 4.78 is 44.1. The van der Waals surface area contributed by atoms with Crippen molar-refractivity contribution in [1.82, 2.24) is 0 Å². The first-order chi connectivity index (χ1) is 9.60. The zero-order valence-electron chi connectivity index (χ0n) is 11.9. The van der Waals surface area contributed by atoms with Gasteiger partial charge in [-0.1, -0.05) is 6.92 Å². The van der Waals surface area contributed by atoms with Gasteiger partial charge in [0.05, 0.1) is 5.92 Å². The Labute approximate surface area is 120 Å². The molecule has 7 heteroatoms. The van der Waals surface area contributed by atoms with Gasteiger partial charge < -0.3 is 9.84 Å². The molecule has 5 unspecified atom stereocenters. The molecular formula is C14H19F3O4. The molecule has 0 heterocycles. The molecule has 0 aromatic carbocycles. The predicted octanol–water partition coefficient (Wildman–Crippen LogP) is 3.01. The van der Waals surface area contributed by atoms with Gasteiger partial charge in [0.1, 0.15) is 6.10 Å². The lowest BCUT2D eigenvalue weighted by Crippen LogP contribution is -2.45. The highest BCUT2D eigenvalue weighted by Crippen LogP contribution is 2.51. The first kappa shape index (κ1) is 16.1. The van der Waals surface area contributed by atoms with Crippen molar-refractivity contribution in [3.8, 4) is 0 Å². The number of hydrogen-bond acceptors (Lipinski definition) is 3. The Morgan fingerprint density at radius 2 is 1.81 bits per heavy atom. The number of aliphatic carboxylic acids is 1. The second-order valence-electron chi connectivity index (χ2n) is 6.30. The Hall–Kier alpha value is -1.27. The van der Waals surface area contributed by atoms with Gasteiger partial charge in [0.25, 0.3) is 0 Å². The first-order valence-electron chi connectivity index (χ1n) is 7.10. The monoisotopic (exact) mass is 308 g/mol. The maximum atomic E-state index is 13.0. The number of carboxylic acid groups (broad SMARTS) is 1. The van der Waals surface area contributed by atoms with Crippen molar-refractivity contribution < 1.29 is 32.6 Å². The topological polar surface area (TPSA) is 63.6 Å². The number of fused-ring (bicyclic) bond motifs is 2. The standard InChI is InChI=1S/C14H19F3O4/c1-3-13(2,14(15,16)17)12(20)21-10-6-7-4-8(10)5-9(7)11(18)19/h7-10H,3-6H2,1-2H3,(H,18,19). The number of carboxylic acids is 1. The van der Waals surface area contributed by atoms with E-state index >= 15 is 0 Å². The number of alkyl halides is 3. The number of rotatable bonds is 4. The van der Waals surface area contributed by atoms with Crippen LogP contribution in [-0.2, 0) is 14.3 Å². The van der Waals surface area contributed by atoms with Crippen LogP contribution in [0.15, 0.2) is 0 Å². The second kappa shape index (κ2) is 5.18. The Morgan fingerprint density at radius 1 is 1.19 bits per heavy atom. The van der Waals surface area contributed by atoms with E-state index in [1.165, 1.54) is 6.92 Å². The average Bonchev–Trinajstić information content (AvgIpc) is 2.95. The summed E-state index contributed by atoms with van der Waals surface area (Å²) in [6.45, 7) is 2.15. The molecule has 0 aliphatic heterocycles. The van der Waals surface area contributed by atoms with Crippen molar-refractivity contribution >= 4 is 11.9 Å². The molecule has 2 fully saturated rings. The predicted molar refractivity (Wildman–Crippen MR) is 66.3 cm³/mol. The number of carbonyl (C=O) groups is 2. The van der Waals surface area contributed by atoms with E-state index in [9.17, 15) is 22.8 Å². The van der Waals surface area contributed by atoms with Crippen LogP contribution in [0, 0.1) is 23.2 Å². The van der Waals surface area contributed by atoms with Crippen LogP contribution in [0.25, 0.3) is 0 Å². The largest absolute Gasteiger partial charge is 0.481 e. The minimum absolute atomic E-state index is 0.0935. The van der Waals surface area contributed by atoms with E-state index in [0.717, 1.165) is 6.92 Å². The molecule has 0 spiro atoms. The first-order valence-corrected chi connectivity index (χ1v) is 7.10. The summed E-state index contributed by atoms with van der Waals surface area (Å²) in [6.07, 6.45) is -4.26. The lowest BCUT2D eigenvalue weighted by atomic mass is 9.85. The van der Waals surface area contributed by atoms with Crippen LogP contribution in [0.1, 0.15) is 39.5 Å². The van der Waals surface area contributed by atoms with Crippen molar-refractivity contribution in [3.63, 3.8) is 0 Å². The molecule has 0 saturated heterocycles. The van der Waals surface area contributed by atoms with Gasteiger partial charge in [-0.3, -0.25) is 9.59 Å². The van der Waals surface area contributed by atoms with Crippen LogP contribution < -0.4 is 0 Å². The Balaban J connectivity index is 2.02. The average molecular weight is 308 g/mol. The molecule has 5 atom stereocenters. The van der Waals surface area contributed by atoms with Gasteiger partial charge in [0.2, 0.25) is 0 Å². The molecule has 2 saturated carbocycles. The third kappa shape index (κ3) is 2.62. The summed E-state index contributed by atoms with van der Waals surface area (Å²) in [5.74, 6) is -2.80. The number of esters is 1. The van der Waals surface area contributed by atoms with E-state index < -0.39 is 35.6 Å². The van der Waals surface area contributed by atoms with Crippen LogP contribution >= 0.6 is 0 Å². The van der Waals surface area contributed by atoms with Gasteiger partial charge >= 0.3 is 18.1 Å². The van der Waals surface area contributed by atoms with Crippen molar-refractivity contribution in [2.75, 3.05) is 0 Å². The summed E-state index contributed by atoms with van der Waals surface area (Å²) in [4.78, 5) is 22.9. The molecular weight excluding hydrogens is 289 g/mol. The van der Waals surface area contributed by atoms with Crippen LogP contribution in [0.4, 0.5) is 13.2 Å². The van der Waals surface area contributed by atoms with E-state index in [1.807, 2.05) is 0 Å². The molecule has 2 rings (SSSR count). The van der Waals surface area contributed by atoms with Gasteiger partial charge in [-0.05, 0) is 44.4 Å². The van der Waals surface area contributed by atoms with Gasteiger partial charge in [0, 0.05) is 0 Å². The molecule has 4 nitrogen and oxygen atoms in total. The molecule has 2 bridgehead atoms. The molecule has 2 aliphatic carbocycles. The van der Waals surface area contributed by atoms with E-state index in [-0.39, 0.29) is 18.3 Å². The summed E-state index contributed by atoms with van der Waals surface area (Å²) >= 11 is 0. The van der Waals surface area contributed by atoms with Gasteiger partial charge in [-0.2, -0.15) is 13.2 Å². The fourth-order valence-electron chi connectivity index (χ4n) is 3.40. The fourth-order valence-corrected chi connectivity index (χ4v) is 3.40. The summed E-state index contributed by atoms with van der Waals surface area (Å²) in [5, 5.41) is 9.02. The number of hydrogen-bond donors (Lipinski definition) is 1. The number of halogens is 3. The van der Waals surface area contributed by atoms with Crippen LogP contribution in [-0.4, -0.2) is 29.3 Å². The molecule has 0 radical (unpaired) electrons. The molecule has 0 amide bonds. The lowest BCUT2D eigenvalue weighted by molar-refractivity contribution is -0.234. The SMILES string of the molecule is CCC(C)(C(=O)OC1CC2CC1CC2C(=O)O)C(F)(F)F. The van der Waals surface area contributed by atoms with E-state index in [2.05, 4.69) is 0 Å². The van der Waals surface area contributed by atoms with Crippen LogP contribution in [0.5, 0.6) is 0 Å². The second-order valence-corrected chi connectivity index (χ2v) is 6.30. The smallest absolute Gasteiger partial charge is 0.404 e. The van der Waals surface area contributed by atoms with Crippen molar-refractivity contribution in [3.05, 3.63) is 0 Å². The minimum atomic E-state index is -4.65. The zero-order chi connectivity index (χ0) is 16.0. The van der Waals surface area contributed by atoms with Crippen molar-refractivity contribution in [1.29, 1.82) is 0 Å². The van der Waals surface area contributed by atoms with Crippen LogP contribution in [0.3, 0.4) is 0 Å². The summed E-state index contributed by atoms with van der Waals surface area (Å²) in [6, 6.07) is 0. The summed E-state index contributed by atoms with van der Waals surface area (Å²) in [7, 11) is 0. The van der Waals surface area contributed by atoms with E-state index in [1.54, 1.807) is 0 Å². The highest BCUT2D eigenvalue weighted by molar-refractivity contribution is 5.77. The molecule has 0 aromatic rings. The van der Waals surface area contributed by atoms with Crippen molar-refractivity contribution in [2.45, 2.75) is 51.8 Å². The highest BCUT2D eigenvalue weighted by Gasteiger charge is 2.58. The maximum absolute atomic E-state index is 13.0. The normalized spacial score (nSPS) is 34.5. The van der Waals surface area contributed by atoms with Gasteiger partial charge in [0.15, 0.2) is 5.41 Å². The van der Waals surface area contributed by atoms with Crippen molar-refractivity contribution in [2.24, 2.45) is 23.2 Å². The molecule has 0 aromatic heterocycles. The van der Waals surface area contributed by atoms with Crippen LogP contribution in [0.2, 0.25) is 0 Å². The molecule has 2 aliphatic rings. The highest BCUT2D eigenvalue weighted by atomic mass is 19.4. The zero-order valence-corrected chi connectivity index (χ0v) is 11.9. The third-order valence-electron chi connectivity index (χ3n) is 5.15. The molecule has 21 heavy (non-hydrogen) atoms. The fraction of sp³-hybridized carbons (Fsp3) is 0.857. The number of ether oxygens (including phenoxy) is 1. The quantitative estimate of drug-likeness (QED) is 0.811. The van der Waals surface area contributed by atoms with Gasteiger partial charge in [-0.15, -0.1) is 0 Å². The lowest BCUT2D eigenvalue weighted by Gasteiger charge is -2.32. The Kier molecular flexibility index (Phi) is 3.97. The number of carbonyl (C=O) groups excluding carboxylic acids is 1. The summed E-state index contributed by atoms with van der Waals surface area (Å²) in [5.41, 5.74) is -2.50. The Morgan fingerprint density at radius 3 is 2.19 bits per heavy atom.